The van der Waals surface area contributed by atoms with Crippen LogP contribution in [-0.4, -0.2) is 73.9 Å². The van der Waals surface area contributed by atoms with Gasteiger partial charge in [-0.1, -0.05) is 32.4 Å². The van der Waals surface area contributed by atoms with Crippen LogP contribution in [0.15, 0.2) is 36.8 Å². The number of carbonyl (C=O) groups excluding carboxylic acids is 4. The molecule has 0 aliphatic rings. The van der Waals surface area contributed by atoms with E-state index >= 15 is 0 Å². The minimum Gasteiger partial charge on any atom is -0.508 e. The summed E-state index contributed by atoms with van der Waals surface area (Å²) < 4.78 is 0. The maximum Gasteiger partial charge on any atom is 0.326 e. The van der Waals surface area contributed by atoms with Crippen molar-refractivity contribution < 1.29 is 34.2 Å². The summed E-state index contributed by atoms with van der Waals surface area (Å²) in [6.07, 6.45) is 2.70. The molecule has 0 fully saturated rings. The van der Waals surface area contributed by atoms with Crippen molar-refractivity contribution in [2.45, 2.75) is 63.7 Å². The third-order valence-corrected chi connectivity index (χ3v) is 6.16. The average molecular weight is 546 g/mol. The van der Waals surface area contributed by atoms with Crippen molar-refractivity contribution in [3.05, 3.63) is 48.0 Å². The van der Waals surface area contributed by atoms with E-state index in [9.17, 15) is 34.2 Å². The molecule has 5 unspecified atom stereocenters. The second-order valence-corrected chi connectivity index (χ2v) is 9.26. The highest BCUT2D eigenvalue weighted by atomic mass is 16.4. The largest absolute Gasteiger partial charge is 0.508 e. The lowest BCUT2D eigenvalue weighted by Crippen LogP contribution is -2.59. The van der Waals surface area contributed by atoms with Crippen LogP contribution in [0.2, 0.25) is 0 Å². The Morgan fingerprint density at radius 2 is 1.59 bits per heavy atom. The first-order valence-corrected chi connectivity index (χ1v) is 12.3. The number of phenolic OH excluding ortho intramolecular Hbond substituents is 1. The predicted molar refractivity (Wildman–Crippen MR) is 139 cm³/mol. The van der Waals surface area contributed by atoms with Crippen molar-refractivity contribution in [1.29, 1.82) is 0 Å². The van der Waals surface area contributed by atoms with Crippen LogP contribution < -0.4 is 27.4 Å². The molecular weight excluding hydrogens is 510 g/mol. The van der Waals surface area contributed by atoms with Gasteiger partial charge in [-0.3, -0.25) is 19.2 Å². The van der Waals surface area contributed by atoms with Gasteiger partial charge in [0, 0.05) is 18.3 Å². The second-order valence-electron chi connectivity index (χ2n) is 9.26. The van der Waals surface area contributed by atoms with E-state index in [1.165, 1.54) is 24.7 Å². The van der Waals surface area contributed by atoms with Crippen LogP contribution in [-0.2, 0) is 36.8 Å². The first-order valence-electron chi connectivity index (χ1n) is 12.3. The minimum absolute atomic E-state index is 0.0440. The molecule has 4 amide bonds. The summed E-state index contributed by atoms with van der Waals surface area (Å²) in [7, 11) is 0. The number of amides is 4. The number of carbonyl (C=O) groups is 5. The number of imidazole rings is 1. The molecule has 39 heavy (non-hydrogen) atoms. The van der Waals surface area contributed by atoms with Crippen molar-refractivity contribution in [3.63, 3.8) is 0 Å². The van der Waals surface area contributed by atoms with Gasteiger partial charge in [-0.25, -0.2) is 9.78 Å². The SMILES string of the molecule is CCC(C)C(NC(=O)C(Cc1cnc[nH]1)NC(=O)C(CC(N)=O)NC(=O)C(N)Cc1ccc(O)cc1)C(=O)O. The maximum absolute atomic E-state index is 13.2. The van der Waals surface area contributed by atoms with Crippen LogP contribution in [0.1, 0.15) is 37.9 Å². The summed E-state index contributed by atoms with van der Waals surface area (Å²) in [6, 6.07) is 0.993. The summed E-state index contributed by atoms with van der Waals surface area (Å²) in [5, 5.41) is 26.3. The lowest BCUT2D eigenvalue weighted by molar-refractivity contribution is -0.144. The predicted octanol–water partition coefficient (Wildman–Crippen LogP) is -1.31. The normalized spacial score (nSPS) is 14.7. The molecule has 1 aromatic carbocycles. The summed E-state index contributed by atoms with van der Waals surface area (Å²) in [6.45, 7) is 3.45. The van der Waals surface area contributed by atoms with E-state index in [1.807, 2.05) is 0 Å². The highest BCUT2D eigenvalue weighted by Crippen LogP contribution is 2.12. The third kappa shape index (κ3) is 9.74. The van der Waals surface area contributed by atoms with Gasteiger partial charge < -0.3 is 42.6 Å². The number of aliphatic carboxylic acids is 1. The number of H-pyrrole nitrogens is 1. The molecule has 5 atom stereocenters. The lowest BCUT2D eigenvalue weighted by atomic mass is 9.98. The third-order valence-electron chi connectivity index (χ3n) is 6.16. The Bertz CT molecular complexity index is 1140. The van der Waals surface area contributed by atoms with Gasteiger partial charge in [-0.15, -0.1) is 0 Å². The number of primary amides is 1. The van der Waals surface area contributed by atoms with Crippen molar-refractivity contribution >= 4 is 29.6 Å². The number of aromatic nitrogens is 2. The first-order chi connectivity index (χ1) is 18.4. The molecular formula is C25H35N7O7. The van der Waals surface area contributed by atoms with E-state index in [1.54, 1.807) is 26.0 Å². The maximum atomic E-state index is 13.2. The molecule has 0 radical (unpaired) electrons. The smallest absolute Gasteiger partial charge is 0.326 e. The van der Waals surface area contributed by atoms with E-state index in [2.05, 4.69) is 25.9 Å². The Morgan fingerprint density at radius 1 is 0.974 bits per heavy atom. The van der Waals surface area contributed by atoms with Gasteiger partial charge in [0.2, 0.25) is 23.6 Å². The zero-order valence-corrected chi connectivity index (χ0v) is 21.7. The number of nitrogens with one attached hydrogen (secondary N) is 4. The van der Waals surface area contributed by atoms with Crippen molar-refractivity contribution in [3.8, 4) is 5.75 Å². The quantitative estimate of drug-likeness (QED) is 0.132. The van der Waals surface area contributed by atoms with Gasteiger partial charge in [-0.2, -0.15) is 0 Å². The summed E-state index contributed by atoms with van der Waals surface area (Å²) in [4.78, 5) is 69.1. The Hall–Kier alpha value is -4.46. The molecule has 14 heteroatoms. The molecule has 0 saturated carbocycles. The fourth-order valence-electron chi connectivity index (χ4n) is 3.70. The number of phenols is 1. The highest BCUT2D eigenvalue weighted by Gasteiger charge is 2.33. The van der Waals surface area contributed by atoms with Gasteiger partial charge in [0.05, 0.1) is 18.8 Å². The number of aromatic amines is 1. The van der Waals surface area contributed by atoms with Crippen LogP contribution >= 0.6 is 0 Å². The van der Waals surface area contributed by atoms with E-state index < -0.39 is 66.1 Å². The molecule has 2 rings (SSSR count). The molecule has 0 spiro atoms. The molecule has 0 bridgehead atoms. The minimum atomic E-state index is -1.46. The van der Waals surface area contributed by atoms with Gasteiger partial charge in [0.15, 0.2) is 0 Å². The fourth-order valence-corrected chi connectivity index (χ4v) is 3.70. The Kier molecular flexibility index (Phi) is 11.4. The van der Waals surface area contributed by atoms with E-state index in [0.717, 1.165) is 0 Å². The van der Waals surface area contributed by atoms with Gasteiger partial charge in [0.25, 0.3) is 0 Å². The molecule has 2 aromatic rings. The Labute approximate surface area is 224 Å². The van der Waals surface area contributed by atoms with Gasteiger partial charge in [-0.05, 0) is 30.0 Å². The van der Waals surface area contributed by atoms with Crippen molar-refractivity contribution in [2.24, 2.45) is 17.4 Å². The van der Waals surface area contributed by atoms with Crippen molar-refractivity contribution in [1.82, 2.24) is 25.9 Å². The van der Waals surface area contributed by atoms with Crippen LogP contribution in [0.25, 0.3) is 0 Å². The number of benzene rings is 1. The van der Waals surface area contributed by atoms with E-state index in [-0.39, 0.29) is 18.6 Å². The van der Waals surface area contributed by atoms with Crippen LogP contribution in [0, 0.1) is 5.92 Å². The summed E-state index contributed by atoms with van der Waals surface area (Å²) in [5.41, 5.74) is 12.4. The average Bonchev–Trinajstić information content (AvgIpc) is 3.39. The fraction of sp³-hybridized carbons (Fsp3) is 0.440. The molecule has 212 valence electrons. The van der Waals surface area contributed by atoms with Gasteiger partial charge in [0.1, 0.15) is 23.9 Å². The topological polar surface area (TPSA) is 243 Å². The molecule has 1 aromatic heterocycles. The number of hydrogen-bond donors (Lipinski definition) is 8. The lowest BCUT2D eigenvalue weighted by Gasteiger charge is -2.26. The number of rotatable bonds is 15. The number of hydrogen-bond acceptors (Lipinski definition) is 8. The highest BCUT2D eigenvalue weighted by molar-refractivity contribution is 5.96. The number of carboxylic acids is 1. The molecule has 0 aliphatic heterocycles. The number of nitrogens with zero attached hydrogens (tertiary/aromatic N) is 1. The molecule has 0 aliphatic carbocycles. The number of aromatic hydroxyl groups is 1. The molecule has 14 nitrogen and oxygen atoms in total. The standard InChI is InChI=1S/C25H35N7O7/c1-3-13(2)21(25(38)39)32-24(37)18(9-15-11-28-12-29-15)31-23(36)19(10-20(27)34)30-22(35)17(26)8-14-4-6-16(33)7-5-14/h4-7,11-13,17-19,21,33H,3,8-10,26H2,1-2H3,(H2,27,34)(H,28,29)(H,30,35)(H,31,36)(H,32,37)(H,38,39). The monoisotopic (exact) mass is 545 g/mol. The van der Waals surface area contributed by atoms with Crippen LogP contribution in [0.3, 0.4) is 0 Å². The number of nitrogens with two attached hydrogens (primary N) is 2. The van der Waals surface area contributed by atoms with Crippen molar-refractivity contribution in [2.75, 3.05) is 0 Å². The molecule has 1 heterocycles. The zero-order chi connectivity index (χ0) is 29.1. The van der Waals surface area contributed by atoms with E-state index in [4.69, 9.17) is 11.5 Å². The zero-order valence-electron chi connectivity index (χ0n) is 21.7. The summed E-state index contributed by atoms with van der Waals surface area (Å²) >= 11 is 0. The first kappa shape index (κ1) is 30.8. The second kappa shape index (κ2) is 14.5. The summed E-state index contributed by atoms with van der Waals surface area (Å²) in [5.74, 6) is -4.89. The Balaban J connectivity index is 2.18. The van der Waals surface area contributed by atoms with Gasteiger partial charge >= 0.3 is 5.97 Å². The van der Waals surface area contributed by atoms with Crippen LogP contribution in [0.4, 0.5) is 0 Å². The molecule has 0 saturated heterocycles. The van der Waals surface area contributed by atoms with E-state index in [0.29, 0.717) is 17.7 Å². The van der Waals surface area contributed by atoms with Crippen LogP contribution in [0.5, 0.6) is 5.75 Å². The number of carboxylic acid groups (broad SMARTS) is 1. The Morgan fingerprint density at radius 3 is 2.13 bits per heavy atom. The molecule has 10 N–H and O–H groups in total.